The van der Waals surface area contributed by atoms with Crippen molar-refractivity contribution in [3.8, 4) is 0 Å². The summed E-state index contributed by atoms with van der Waals surface area (Å²) in [5.74, 6) is 0. The van der Waals surface area contributed by atoms with E-state index in [1.165, 1.54) is 0 Å². The number of carbonyl (C=O) groups excluding carboxylic acids is 3. The molecule has 0 aliphatic rings. The second kappa shape index (κ2) is 3.81. The van der Waals surface area contributed by atoms with E-state index in [9.17, 15) is 14.4 Å². The van der Waals surface area contributed by atoms with E-state index in [0.717, 1.165) is 0 Å². The first-order valence-electron chi connectivity index (χ1n) is 1.32. The molecule has 0 N–H and O–H groups in total. The first kappa shape index (κ1) is 6.63. The molecule has 0 aliphatic heterocycles. The van der Waals surface area contributed by atoms with Crippen molar-refractivity contribution in [2.45, 2.75) is 0 Å². The Bertz CT molecular complexity index is 71.2. The zero-order valence-corrected chi connectivity index (χ0v) is 5.05. The Morgan fingerprint density at radius 3 is 1.14 bits per heavy atom. The molecule has 0 aliphatic carbocycles. The van der Waals surface area contributed by atoms with E-state index in [-0.39, 0.29) is 0 Å². The fourth-order valence-corrected chi connectivity index (χ4v) is 0.349. The van der Waals surface area contributed by atoms with Crippen molar-refractivity contribution >= 4 is 14.6 Å². The van der Waals surface area contributed by atoms with Gasteiger partial charge in [0.25, 0.3) is 0 Å². The molecule has 0 unspecified atom stereocenters. The monoisotopic (exact) mass is 189 g/mol. The molecule has 0 radical (unpaired) electrons. The topological polar surface area (TPSA) is 51.2 Å². The van der Waals surface area contributed by atoms with Gasteiger partial charge in [-0.15, -0.1) is 0 Å². The van der Waals surface area contributed by atoms with Crippen molar-refractivity contribution in [3.63, 3.8) is 0 Å². The van der Waals surface area contributed by atoms with Crippen LogP contribution in [0.2, 0.25) is 0 Å². The summed E-state index contributed by atoms with van der Waals surface area (Å²) in [6.45, 7) is 0. The number of hydrogen-bond acceptors (Lipinski definition) is 3. The molecule has 4 heteroatoms. The van der Waals surface area contributed by atoms with Crippen LogP contribution in [0.1, 0.15) is 0 Å². The first-order chi connectivity index (χ1) is 3.35. The molecule has 0 aromatic rings. The third kappa shape index (κ3) is 2.34. The fourth-order valence-electron chi connectivity index (χ4n) is 0.0589. The molecule has 0 aromatic heterocycles. The van der Waals surface area contributed by atoms with E-state index in [1.807, 2.05) is 0 Å². The van der Waals surface area contributed by atoms with Crippen LogP contribution in [0.3, 0.4) is 0 Å². The van der Waals surface area contributed by atoms with Gasteiger partial charge in [0, 0.05) is 0 Å². The molecule has 0 atom stereocenters. The normalized spacial score (nSPS) is 9.43. The molecule has 3 nitrogen and oxygen atoms in total. The summed E-state index contributed by atoms with van der Waals surface area (Å²) >= 11 is -2.25. The summed E-state index contributed by atoms with van der Waals surface area (Å²) in [5, 5.41) is 0. The van der Waals surface area contributed by atoms with Crippen LogP contribution < -0.4 is 0 Å². The van der Waals surface area contributed by atoms with Crippen LogP contribution in [0.25, 0.3) is 0 Å². The van der Waals surface area contributed by atoms with Crippen LogP contribution in [-0.4, -0.2) is 14.6 Å². The Hall–Kier alpha value is -0.367. The van der Waals surface area contributed by atoms with Gasteiger partial charge in [-0.1, -0.05) is 0 Å². The predicted molar refractivity (Wildman–Crippen MR) is 20.3 cm³/mol. The molecule has 0 heterocycles. The predicted octanol–water partition coefficient (Wildman–Crippen LogP) is -0.825. The van der Waals surface area contributed by atoms with E-state index in [2.05, 4.69) is 0 Å². The van der Waals surface area contributed by atoms with Crippen LogP contribution in [0.15, 0.2) is 0 Å². The maximum atomic E-state index is 9.57. The van der Waals surface area contributed by atoms with Gasteiger partial charge in [-0.05, 0) is 0 Å². The van der Waals surface area contributed by atoms with Gasteiger partial charge in [0.1, 0.15) is 0 Å². The molecule has 0 fully saturated rings. The average molecular weight is 188 g/mol. The summed E-state index contributed by atoms with van der Waals surface area (Å²) in [7, 11) is 0. The molecule has 0 aromatic carbocycles. The van der Waals surface area contributed by atoms with E-state index < -0.39 is 16.0 Å². The van der Waals surface area contributed by atoms with E-state index in [0.29, 0.717) is 14.6 Å². The maximum absolute atomic E-state index is 9.57. The molecule has 41 valence electrons. The summed E-state index contributed by atoms with van der Waals surface area (Å²) in [5.41, 5.74) is 0. The molecule has 0 bridgehead atoms. The van der Waals surface area contributed by atoms with Gasteiger partial charge >= 0.3 is 45.0 Å². The van der Waals surface area contributed by atoms with Crippen LogP contribution in [-0.2, 0) is 30.3 Å². The second-order valence-electron chi connectivity index (χ2n) is 0.604. The van der Waals surface area contributed by atoms with Gasteiger partial charge in [-0.3, -0.25) is 0 Å². The quantitative estimate of drug-likeness (QED) is 0.429. The Morgan fingerprint density at radius 2 is 1.14 bits per heavy atom. The Labute approximate surface area is 45.6 Å². The van der Waals surface area contributed by atoms with Crippen LogP contribution in [0, 0.1) is 0 Å². The van der Waals surface area contributed by atoms with Crippen molar-refractivity contribution in [1.82, 2.24) is 0 Å². The van der Waals surface area contributed by atoms with Crippen molar-refractivity contribution in [2.75, 3.05) is 0 Å². The third-order valence-electron chi connectivity index (χ3n) is 0.289. The molecule has 0 amide bonds. The van der Waals surface area contributed by atoms with Crippen molar-refractivity contribution in [3.05, 3.63) is 0 Å². The third-order valence-corrected chi connectivity index (χ3v) is 1.71. The van der Waals surface area contributed by atoms with Crippen molar-refractivity contribution in [2.24, 2.45) is 0 Å². The molecule has 0 saturated heterocycles. The second-order valence-corrected chi connectivity index (χ2v) is 3.57. The average Bonchev–Trinajstić information content (AvgIpc) is 1.72. The molecule has 0 saturated carbocycles. The molecule has 0 spiro atoms. The van der Waals surface area contributed by atoms with Crippen molar-refractivity contribution < 1.29 is 30.3 Å². The first-order valence-corrected chi connectivity index (χ1v) is 4.33. The summed E-state index contributed by atoms with van der Waals surface area (Å²) in [6.07, 6.45) is 0. The number of rotatable bonds is 3. The van der Waals surface area contributed by atoms with E-state index in [4.69, 9.17) is 0 Å². The minimum absolute atomic E-state index is 0.435. The molecular formula is C3H3O3Ru. The van der Waals surface area contributed by atoms with E-state index >= 15 is 0 Å². The minimum atomic E-state index is -2.25. The van der Waals surface area contributed by atoms with E-state index in [1.54, 1.807) is 0 Å². The van der Waals surface area contributed by atoms with Gasteiger partial charge in [0.2, 0.25) is 0 Å². The van der Waals surface area contributed by atoms with Gasteiger partial charge < -0.3 is 0 Å². The zero-order valence-electron chi connectivity index (χ0n) is 3.31. The molecule has 7 heavy (non-hydrogen) atoms. The van der Waals surface area contributed by atoms with Gasteiger partial charge in [-0.2, -0.15) is 0 Å². The SMILES string of the molecule is O=[CH][Ru]([CH]=O)[CH]=O. The number of hydrogen-bond donors (Lipinski definition) is 0. The Kier molecular flexibility index (Phi) is 3.61. The van der Waals surface area contributed by atoms with Crippen LogP contribution in [0.4, 0.5) is 0 Å². The Morgan fingerprint density at radius 1 is 0.857 bits per heavy atom. The van der Waals surface area contributed by atoms with Gasteiger partial charge in [0.15, 0.2) is 0 Å². The van der Waals surface area contributed by atoms with Gasteiger partial charge in [-0.25, -0.2) is 0 Å². The summed E-state index contributed by atoms with van der Waals surface area (Å²) < 4.78 is 0. The van der Waals surface area contributed by atoms with Gasteiger partial charge in [0.05, 0.1) is 0 Å². The van der Waals surface area contributed by atoms with Crippen LogP contribution >= 0.6 is 0 Å². The fraction of sp³-hybridized carbons (Fsp3) is 0. The number of carbonyl (C=O) groups is 3. The summed E-state index contributed by atoms with van der Waals surface area (Å²) in [6, 6.07) is 0. The van der Waals surface area contributed by atoms with Crippen LogP contribution in [0.5, 0.6) is 0 Å². The van der Waals surface area contributed by atoms with Crippen molar-refractivity contribution in [1.29, 1.82) is 0 Å². The molecule has 0 rings (SSSR count). The molecular weight excluding hydrogens is 185 g/mol. The Balaban J connectivity index is 3.57. The summed E-state index contributed by atoms with van der Waals surface area (Å²) in [4.78, 5) is 30.0. The standard InChI is InChI=1S/3CHO.Ru/c3*1-2;/h3*1H;. The zero-order chi connectivity index (χ0) is 5.70.